The molecule has 0 saturated heterocycles. The van der Waals surface area contributed by atoms with Crippen molar-refractivity contribution in [3.8, 4) is 0 Å². The molecule has 0 amide bonds. The lowest BCUT2D eigenvalue weighted by molar-refractivity contribution is 0.236. The minimum absolute atomic E-state index is 0.0435. The highest BCUT2D eigenvalue weighted by molar-refractivity contribution is 7.11. The number of aliphatic hydroxyl groups is 1. The van der Waals surface area contributed by atoms with Crippen molar-refractivity contribution >= 4 is 11.3 Å². The molecular weight excluding hydrogens is 256 g/mol. The molecule has 1 aromatic heterocycles. The minimum atomic E-state index is -0.0435. The van der Waals surface area contributed by atoms with Gasteiger partial charge in [0.1, 0.15) is 0 Å². The molecule has 1 aromatic carbocycles. The Morgan fingerprint density at radius 3 is 2.47 bits per heavy atom. The maximum Gasteiger partial charge on any atom is 0.0900 e. The number of aromatic nitrogens is 1. The second kappa shape index (κ2) is 6.28. The summed E-state index contributed by atoms with van der Waals surface area (Å²) in [6, 6.07) is 10.2. The number of thiazole rings is 1. The lowest BCUT2D eigenvalue weighted by atomic mass is 10.1. The van der Waals surface area contributed by atoms with Crippen molar-refractivity contribution in [3.05, 3.63) is 51.5 Å². The summed E-state index contributed by atoms with van der Waals surface area (Å²) in [6.45, 7) is 6.26. The van der Waals surface area contributed by atoms with Gasteiger partial charge in [0, 0.05) is 10.9 Å². The molecule has 0 aliphatic rings. The lowest BCUT2D eigenvalue weighted by Crippen LogP contribution is -2.27. The van der Waals surface area contributed by atoms with E-state index in [9.17, 15) is 5.11 Å². The van der Waals surface area contributed by atoms with Gasteiger partial charge in [-0.15, -0.1) is 11.3 Å². The molecule has 0 aliphatic heterocycles. The van der Waals surface area contributed by atoms with Crippen molar-refractivity contribution in [2.45, 2.75) is 32.9 Å². The van der Waals surface area contributed by atoms with Crippen molar-refractivity contribution in [3.63, 3.8) is 0 Å². The van der Waals surface area contributed by atoms with Crippen LogP contribution < -0.4 is 5.32 Å². The van der Waals surface area contributed by atoms with Crippen molar-refractivity contribution < 1.29 is 5.11 Å². The molecule has 3 nitrogen and oxygen atoms in total. The topological polar surface area (TPSA) is 45.2 Å². The molecule has 2 aromatic rings. The van der Waals surface area contributed by atoms with E-state index in [-0.39, 0.29) is 18.7 Å². The first-order chi connectivity index (χ1) is 9.11. The van der Waals surface area contributed by atoms with E-state index in [0.29, 0.717) is 0 Å². The number of aliphatic hydroxyl groups excluding tert-OH is 1. The monoisotopic (exact) mass is 276 g/mol. The molecule has 2 rings (SSSR count). The number of rotatable bonds is 5. The first-order valence-electron chi connectivity index (χ1n) is 6.47. The standard InChI is InChI=1S/C15H20N2OS/c1-10-15(19-12(3)16-10)11(2)17-14(9-18)13-7-5-4-6-8-13/h4-8,11,14,17-18H,9H2,1-3H3. The summed E-state index contributed by atoms with van der Waals surface area (Å²) in [4.78, 5) is 5.70. The normalized spacial score (nSPS) is 14.3. The molecule has 19 heavy (non-hydrogen) atoms. The maximum absolute atomic E-state index is 9.58. The van der Waals surface area contributed by atoms with E-state index in [1.807, 2.05) is 44.2 Å². The highest BCUT2D eigenvalue weighted by Crippen LogP contribution is 2.26. The van der Waals surface area contributed by atoms with Gasteiger partial charge in [-0.1, -0.05) is 30.3 Å². The molecular formula is C15H20N2OS. The van der Waals surface area contributed by atoms with Crippen LogP contribution in [-0.4, -0.2) is 16.7 Å². The van der Waals surface area contributed by atoms with Gasteiger partial charge in [-0.25, -0.2) is 4.98 Å². The van der Waals surface area contributed by atoms with E-state index in [4.69, 9.17) is 0 Å². The fourth-order valence-corrected chi connectivity index (χ4v) is 3.20. The van der Waals surface area contributed by atoms with E-state index < -0.39 is 0 Å². The SMILES string of the molecule is Cc1nc(C)c(C(C)NC(CO)c2ccccc2)s1. The number of nitrogens with one attached hydrogen (secondary N) is 1. The van der Waals surface area contributed by atoms with Gasteiger partial charge in [-0.3, -0.25) is 0 Å². The third-order valence-electron chi connectivity index (χ3n) is 3.17. The largest absolute Gasteiger partial charge is 0.394 e. The van der Waals surface area contributed by atoms with E-state index >= 15 is 0 Å². The van der Waals surface area contributed by atoms with Crippen LogP contribution in [0.2, 0.25) is 0 Å². The zero-order chi connectivity index (χ0) is 13.8. The van der Waals surface area contributed by atoms with Crippen molar-refractivity contribution in [2.24, 2.45) is 0 Å². The van der Waals surface area contributed by atoms with E-state index in [1.165, 1.54) is 4.88 Å². The fourth-order valence-electron chi connectivity index (χ4n) is 2.27. The third-order valence-corrected chi connectivity index (χ3v) is 4.42. The molecule has 4 heteroatoms. The molecule has 0 spiro atoms. The first-order valence-corrected chi connectivity index (χ1v) is 7.29. The van der Waals surface area contributed by atoms with Crippen LogP contribution in [0.5, 0.6) is 0 Å². The molecule has 0 fully saturated rings. The minimum Gasteiger partial charge on any atom is -0.394 e. The summed E-state index contributed by atoms with van der Waals surface area (Å²) >= 11 is 1.71. The average molecular weight is 276 g/mol. The highest BCUT2D eigenvalue weighted by Gasteiger charge is 2.17. The van der Waals surface area contributed by atoms with Crippen LogP contribution in [0, 0.1) is 13.8 Å². The van der Waals surface area contributed by atoms with Gasteiger partial charge < -0.3 is 10.4 Å². The summed E-state index contributed by atoms with van der Waals surface area (Å²) < 4.78 is 0. The number of hydrogen-bond donors (Lipinski definition) is 2. The summed E-state index contributed by atoms with van der Waals surface area (Å²) in [5, 5.41) is 14.1. The highest BCUT2D eigenvalue weighted by atomic mass is 32.1. The van der Waals surface area contributed by atoms with Crippen molar-refractivity contribution in [1.29, 1.82) is 0 Å². The van der Waals surface area contributed by atoms with Crippen LogP contribution in [-0.2, 0) is 0 Å². The summed E-state index contributed by atoms with van der Waals surface area (Å²) in [7, 11) is 0. The smallest absolute Gasteiger partial charge is 0.0900 e. The molecule has 2 unspecified atom stereocenters. The third kappa shape index (κ3) is 3.41. The van der Waals surface area contributed by atoms with Gasteiger partial charge in [0.25, 0.3) is 0 Å². The van der Waals surface area contributed by atoms with Gasteiger partial charge in [-0.05, 0) is 26.3 Å². The zero-order valence-electron chi connectivity index (χ0n) is 11.6. The Hall–Kier alpha value is -1.23. The maximum atomic E-state index is 9.58. The number of nitrogens with zero attached hydrogens (tertiary/aromatic N) is 1. The van der Waals surface area contributed by atoms with Crippen LogP contribution in [0.15, 0.2) is 30.3 Å². The number of benzene rings is 1. The van der Waals surface area contributed by atoms with Gasteiger partial charge in [0.2, 0.25) is 0 Å². The number of hydrogen-bond acceptors (Lipinski definition) is 4. The van der Waals surface area contributed by atoms with Gasteiger partial charge in [0.15, 0.2) is 0 Å². The Morgan fingerprint density at radius 2 is 1.95 bits per heavy atom. The van der Waals surface area contributed by atoms with Gasteiger partial charge in [-0.2, -0.15) is 0 Å². The Morgan fingerprint density at radius 1 is 1.26 bits per heavy atom. The quantitative estimate of drug-likeness (QED) is 0.882. The second-order valence-electron chi connectivity index (χ2n) is 4.72. The fraction of sp³-hybridized carbons (Fsp3) is 0.400. The predicted octanol–water partition coefficient (Wildman–Crippen LogP) is 3.14. The van der Waals surface area contributed by atoms with Crippen molar-refractivity contribution in [1.82, 2.24) is 10.3 Å². The molecule has 0 aliphatic carbocycles. The van der Waals surface area contributed by atoms with E-state index in [1.54, 1.807) is 11.3 Å². The molecule has 0 saturated carbocycles. The van der Waals surface area contributed by atoms with E-state index in [0.717, 1.165) is 16.3 Å². The first kappa shape index (κ1) is 14.2. The second-order valence-corrected chi connectivity index (χ2v) is 5.95. The Kier molecular flexibility index (Phi) is 4.69. The molecule has 0 bridgehead atoms. The molecule has 1 heterocycles. The van der Waals surface area contributed by atoms with Crippen LogP contribution in [0.25, 0.3) is 0 Å². The summed E-state index contributed by atoms with van der Waals surface area (Å²) in [5.74, 6) is 0. The van der Waals surface area contributed by atoms with E-state index in [2.05, 4.69) is 17.2 Å². The Labute approximate surface area is 118 Å². The predicted molar refractivity (Wildman–Crippen MR) is 79.4 cm³/mol. The van der Waals surface area contributed by atoms with Crippen LogP contribution >= 0.6 is 11.3 Å². The molecule has 102 valence electrons. The molecule has 0 radical (unpaired) electrons. The number of aryl methyl sites for hydroxylation is 2. The molecule has 2 atom stereocenters. The summed E-state index contributed by atoms with van der Waals surface area (Å²) in [6.07, 6.45) is 0. The van der Waals surface area contributed by atoms with Crippen molar-refractivity contribution in [2.75, 3.05) is 6.61 Å². The Bertz CT molecular complexity index is 524. The average Bonchev–Trinajstić information content (AvgIpc) is 2.76. The zero-order valence-corrected chi connectivity index (χ0v) is 12.4. The van der Waals surface area contributed by atoms with Gasteiger partial charge >= 0.3 is 0 Å². The van der Waals surface area contributed by atoms with Crippen LogP contribution in [0.4, 0.5) is 0 Å². The lowest BCUT2D eigenvalue weighted by Gasteiger charge is -2.21. The van der Waals surface area contributed by atoms with Gasteiger partial charge in [0.05, 0.1) is 23.4 Å². The molecule has 2 N–H and O–H groups in total. The summed E-state index contributed by atoms with van der Waals surface area (Å²) in [5.41, 5.74) is 2.18. The Balaban J connectivity index is 2.13. The van der Waals surface area contributed by atoms with Crippen LogP contribution in [0.3, 0.4) is 0 Å². The van der Waals surface area contributed by atoms with Crippen LogP contribution in [0.1, 0.15) is 40.1 Å².